The molecule has 0 aliphatic rings. The molecule has 1 aromatic heterocycles. The molecule has 1 rings (SSSR count). The van der Waals surface area contributed by atoms with E-state index >= 15 is 0 Å². The fraction of sp³-hybridized carbons (Fsp3) is 0.583. The predicted molar refractivity (Wildman–Crippen MR) is 66.4 cm³/mol. The van der Waals surface area contributed by atoms with E-state index in [2.05, 4.69) is 15.3 Å². The molecule has 0 aliphatic heterocycles. The van der Waals surface area contributed by atoms with E-state index in [0.717, 1.165) is 24.6 Å². The Kier molecular flexibility index (Phi) is 5.56. The Bertz CT molecular complexity index is 363. The van der Waals surface area contributed by atoms with Gasteiger partial charge in [-0.05, 0) is 26.8 Å². The third-order valence-corrected chi connectivity index (χ3v) is 2.53. The Balaban J connectivity index is 2.35. The zero-order valence-electron chi connectivity index (χ0n) is 10.7. The molecule has 1 amide bonds. The van der Waals surface area contributed by atoms with Crippen LogP contribution in [0.2, 0.25) is 0 Å². The Morgan fingerprint density at radius 1 is 1.41 bits per heavy atom. The number of amides is 1. The number of carbonyl (C=O) groups excluding carboxylic acids is 1. The van der Waals surface area contributed by atoms with E-state index in [1.165, 1.54) is 0 Å². The van der Waals surface area contributed by atoms with E-state index < -0.39 is 0 Å². The highest BCUT2D eigenvalue weighted by Crippen LogP contribution is 1.94. The van der Waals surface area contributed by atoms with Crippen LogP contribution >= 0.6 is 0 Å². The Hall–Kier alpha value is -1.49. The first-order chi connectivity index (χ1) is 8.17. The first kappa shape index (κ1) is 13.6. The molecule has 5 heteroatoms. The van der Waals surface area contributed by atoms with Crippen LogP contribution in [0.1, 0.15) is 25.4 Å². The van der Waals surface area contributed by atoms with Gasteiger partial charge in [0, 0.05) is 25.8 Å². The lowest BCUT2D eigenvalue weighted by atomic mass is 10.4. The summed E-state index contributed by atoms with van der Waals surface area (Å²) in [6.07, 6.45) is 1.73. The van der Waals surface area contributed by atoms with Crippen LogP contribution in [0.5, 0.6) is 0 Å². The Morgan fingerprint density at radius 2 is 2.12 bits per heavy atom. The molecule has 0 spiro atoms. The molecule has 0 fully saturated rings. The van der Waals surface area contributed by atoms with Gasteiger partial charge in [-0.25, -0.2) is 9.97 Å². The maximum atomic E-state index is 11.7. The lowest BCUT2D eigenvalue weighted by molar-refractivity contribution is -0.129. The molecule has 0 aromatic carbocycles. The average Bonchev–Trinajstić information content (AvgIpc) is 2.30. The Labute approximate surface area is 102 Å². The third kappa shape index (κ3) is 4.48. The number of aryl methyl sites for hydroxylation is 1. The monoisotopic (exact) mass is 236 g/mol. The minimum atomic E-state index is 0.126. The summed E-state index contributed by atoms with van der Waals surface area (Å²) in [7, 11) is 0. The van der Waals surface area contributed by atoms with Crippen molar-refractivity contribution in [3.63, 3.8) is 0 Å². The molecule has 1 heterocycles. The summed E-state index contributed by atoms with van der Waals surface area (Å²) < 4.78 is 0. The molecule has 0 unspecified atom stereocenters. The topological polar surface area (TPSA) is 58.1 Å². The van der Waals surface area contributed by atoms with Gasteiger partial charge in [0.05, 0.1) is 12.2 Å². The molecule has 5 nitrogen and oxygen atoms in total. The molecule has 1 aromatic rings. The van der Waals surface area contributed by atoms with Crippen LogP contribution in [0, 0.1) is 6.92 Å². The van der Waals surface area contributed by atoms with Crippen LogP contribution in [0.15, 0.2) is 12.3 Å². The van der Waals surface area contributed by atoms with Crippen molar-refractivity contribution in [1.82, 2.24) is 20.2 Å². The van der Waals surface area contributed by atoms with E-state index in [9.17, 15) is 4.79 Å². The summed E-state index contributed by atoms with van der Waals surface area (Å²) in [5.74, 6) is 0.875. The van der Waals surface area contributed by atoms with Gasteiger partial charge in [0.25, 0.3) is 0 Å². The van der Waals surface area contributed by atoms with Gasteiger partial charge in [-0.2, -0.15) is 0 Å². The second-order valence-corrected chi connectivity index (χ2v) is 3.76. The van der Waals surface area contributed by atoms with Crippen molar-refractivity contribution in [2.75, 3.05) is 19.6 Å². The molecular weight excluding hydrogens is 216 g/mol. The SMILES string of the molecule is CCN(CC)C(=O)CNCc1ccnc(C)n1. The van der Waals surface area contributed by atoms with E-state index in [1.54, 1.807) is 11.1 Å². The summed E-state index contributed by atoms with van der Waals surface area (Å²) in [5.41, 5.74) is 0.907. The molecular formula is C12H20N4O. The van der Waals surface area contributed by atoms with Gasteiger partial charge >= 0.3 is 0 Å². The highest BCUT2D eigenvalue weighted by molar-refractivity contribution is 5.78. The van der Waals surface area contributed by atoms with Crippen LogP contribution in [0.25, 0.3) is 0 Å². The lowest BCUT2D eigenvalue weighted by Gasteiger charge is -2.18. The van der Waals surface area contributed by atoms with Crippen molar-refractivity contribution in [3.8, 4) is 0 Å². The lowest BCUT2D eigenvalue weighted by Crippen LogP contribution is -2.37. The number of carbonyl (C=O) groups is 1. The van der Waals surface area contributed by atoms with E-state index in [1.807, 2.05) is 26.8 Å². The van der Waals surface area contributed by atoms with Gasteiger partial charge in [0.15, 0.2) is 0 Å². The maximum absolute atomic E-state index is 11.7. The van der Waals surface area contributed by atoms with Crippen LogP contribution in [0.4, 0.5) is 0 Å². The fourth-order valence-electron chi connectivity index (χ4n) is 1.59. The molecule has 0 saturated carbocycles. The maximum Gasteiger partial charge on any atom is 0.236 e. The molecule has 94 valence electrons. The number of rotatable bonds is 6. The van der Waals surface area contributed by atoms with Gasteiger partial charge in [-0.1, -0.05) is 0 Å². The van der Waals surface area contributed by atoms with Crippen LogP contribution < -0.4 is 5.32 Å². The molecule has 0 bridgehead atoms. The normalized spacial score (nSPS) is 10.3. The van der Waals surface area contributed by atoms with Crippen molar-refractivity contribution in [2.45, 2.75) is 27.3 Å². The van der Waals surface area contributed by atoms with Gasteiger partial charge < -0.3 is 10.2 Å². The van der Waals surface area contributed by atoms with Crippen molar-refractivity contribution < 1.29 is 4.79 Å². The number of aromatic nitrogens is 2. The largest absolute Gasteiger partial charge is 0.342 e. The van der Waals surface area contributed by atoms with E-state index in [0.29, 0.717) is 13.1 Å². The first-order valence-electron chi connectivity index (χ1n) is 5.94. The second-order valence-electron chi connectivity index (χ2n) is 3.76. The highest BCUT2D eigenvalue weighted by Gasteiger charge is 2.08. The van der Waals surface area contributed by atoms with Crippen molar-refractivity contribution in [1.29, 1.82) is 0 Å². The predicted octanol–water partition coefficient (Wildman–Crippen LogP) is 0.743. The number of hydrogen-bond donors (Lipinski definition) is 1. The highest BCUT2D eigenvalue weighted by atomic mass is 16.2. The number of nitrogens with one attached hydrogen (secondary N) is 1. The van der Waals surface area contributed by atoms with Crippen LogP contribution in [-0.2, 0) is 11.3 Å². The van der Waals surface area contributed by atoms with Gasteiger partial charge in [0.1, 0.15) is 5.82 Å². The number of nitrogens with zero attached hydrogens (tertiary/aromatic N) is 3. The molecule has 0 atom stereocenters. The van der Waals surface area contributed by atoms with Crippen molar-refractivity contribution >= 4 is 5.91 Å². The fourth-order valence-corrected chi connectivity index (χ4v) is 1.59. The first-order valence-corrected chi connectivity index (χ1v) is 5.94. The molecule has 17 heavy (non-hydrogen) atoms. The second kappa shape index (κ2) is 6.96. The van der Waals surface area contributed by atoms with Crippen LogP contribution in [0.3, 0.4) is 0 Å². The zero-order valence-corrected chi connectivity index (χ0v) is 10.7. The zero-order chi connectivity index (χ0) is 12.7. The van der Waals surface area contributed by atoms with Gasteiger partial charge in [-0.3, -0.25) is 4.79 Å². The third-order valence-electron chi connectivity index (χ3n) is 2.53. The minimum Gasteiger partial charge on any atom is -0.342 e. The molecule has 1 N–H and O–H groups in total. The average molecular weight is 236 g/mol. The minimum absolute atomic E-state index is 0.126. The summed E-state index contributed by atoms with van der Waals surface area (Å²) in [5, 5.41) is 3.10. The quantitative estimate of drug-likeness (QED) is 0.791. The summed E-state index contributed by atoms with van der Waals surface area (Å²) in [6, 6.07) is 1.85. The van der Waals surface area contributed by atoms with Crippen LogP contribution in [-0.4, -0.2) is 40.4 Å². The van der Waals surface area contributed by atoms with Crippen molar-refractivity contribution in [3.05, 3.63) is 23.8 Å². The summed E-state index contributed by atoms with van der Waals surface area (Å²) >= 11 is 0. The van der Waals surface area contributed by atoms with Crippen molar-refractivity contribution in [2.24, 2.45) is 0 Å². The standard InChI is InChI=1S/C12H20N4O/c1-4-16(5-2)12(17)9-13-8-11-6-7-14-10(3)15-11/h6-7,13H,4-5,8-9H2,1-3H3. The summed E-state index contributed by atoms with van der Waals surface area (Å²) in [6.45, 7) is 8.27. The number of likely N-dealkylation sites (N-methyl/N-ethyl adjacent to an activating group) is 1. The van der Waals surface area contributed by atoms with E-state index in [-0.39, 0.29) is 5.91 Å². The smallest absolute Gasteiger partial charge is 0.236 e. The molecule has 0 aliphatic carbocycles. The van der Waals surface area contributed by atoms with Gasteiger partial charge in [0.2, 0.25) is 5.91 Å². The number of hydrogen-bond acceptors (Lipinski definition) is 4. The molecule has 0 saturated heterocycles. The van der Waals surface area contributed by atoms with E-state index in [4.69, 9.17) is 0 Å². The summed E-state index contributed by atoms with van der Waals surface area (Å²) in [4.78, 5) is 21.8. The van der Waals surface area contributed by atoms with Gasteiger partial charge in [-0.15, -0.1) is 0 Å². The molecule has 0 radical (unpaired) electrons. The Morgan fingerprint density at radius 3 is 2.71 bits per heavy atom.